The van der Waals surface area contributed by atoms with Crippen LogP contribution >= 0.6 is 0 Å². The molecule has 0 aromatic carbocycles. The first-order valence-electron chi connectivity index (χ1n) is 4.23. The SMILES string of the molecule is CC(C)NC(=O)NCC1CC1. The molecule has 0 unspecified atom stereocenters. The summed E-state index contributed by atoms with van der Waals surface area (Å²) in [4.78, 5) is 11.0. The molecule has 1 aliphatic rings. The number of rotatable bonds is 3. The van der Waals surface area contributed by atoms with Crippen molar-refractivity contribution in [3.05, 3.63) is 0 Å². The zero-order valence-electron chi connectivity index (χ0n) is 7.18. The van der Waals surface area contributed by atoms with Gasteiger partial charge in [0, 0.05) is 12.6 Å². The van der Waals surface area contributed by atoms with Crippen molar-refractivity contribution in [3.8, 4) is 0 Å². The molecule has 1 aliphatic carbocycles. The number of hydrogen-bond donors (Lipinski definition) is 2. The monoisotopic (exact) mass is 156 g/mol. The lowest BCUT2D eigenvalue weighted by atomic mass is 10.4. The maximum Gasteiger partial charge on any atom is 0.314 e. The highest BCUT2D eigenvalue weighted by Gasteiger charge is 2.21. The van der Waals surface area contributed by atoms with Gasteiger partial charge in [-0.1, -0.05) is 0 Å². The maximum absolute atomic E-state index is 11.0. The van der Waals surface area contributed by atoms with E-state index in [1.807, 2.05) is 13.8 Å². The van der Waals surface area contributed by atoms with Crippen molar-refractivity contribution in [1.29, 1.82) is 0 Å². The van der Waals surface area contributed by atoms with Gasteiger partial charge in [0.25, 0.3) is 0 Å². The van der Waals surface area contributed by atoms with E-state index in [0.29, 0.717) is 0 Å². The summed E-state index contributed by atoms with van der Waals surface area (Å²) < 4.78 is 0. The second-order valence-corrected chi connectivity index (χ2v) is 3.45. The molecular formula is C8H16N2O. The molecule has 3 nitrogen and oxygen atoms in total. The van der Waals surface area contributed by atoms with Crippen molar-refractivity contribution < 1.29 is 4.79 Å². The fourth-order valence-electron chi connectivity index (χ4n) is 0.872. The van der Waals surface area contributed by atoms with Gasteiger partial charge in [-0.15, -0.1) is 0 Å². The van der Waals surface area contributed by atoms with Crippen molar-refractivity contribution in [3.63, 3.8) is 0 Å². The molecule has 1 fully saturated rings. The van der Waals surface area contributed by atoms with Gasteiger partial charge in [0.15, 0.2) is 0 Å². The Morgan fingerprint density at radius 3 is 2.64 bits per heavy atom. The summed E-state index contributed by atoms with van der Waals surface area (Å²) in [7, 11) is 0. The molecular weight excluding hydrogens is 140 g/mol. The molecule has 3 heteroatoms. The van der Waals surface area contributed by atoms with Gasteiger partial charge >= 0.3 is 6.03 Å². The first-order valence-corrected chi connectivity index (χ1v) is 4.23. The Bertz CT molecular complexity index is 141. The summed E-state index contributed by atoms with van der Waals surface area (Å²) in [5.41, 5.74) is 0. The van der Waals surface area contributed by atoms with E-state index in [9.17, 15) is 4.79 Å². The van der Waals surface area contributed by atoms with Crippen LogP contribution in [0, 0.1) is 5.92 Å². The van der Waals surface area contributed by atoms with Crippen molar-refractivity contribution in [2.45, 2.75) is 32.7 Å². The number of carbonyl (C=O) groups is 1. The summed E-state index contributed by atoms with van der Waals surface area (Å²) in [5.74, 6) is 0.757. The summed E-state index contributed by atoms with van der Waals surface area (Å²) in [6.07, 6.45) is 2.56. The van der Waals surface area contributed by atoms with E-state index in [1.165, 1.54) is 12.8 Å². The standard InChI is InChI=1S/C8H16N2O/c1-6(2)10-8(11)9-5-7-3-4-7/h6-7H,3-5H2,1-2H3,(H2,9,10,11). The minimum Gasteiger partial charge on any atom is -0.338 e. The third-order valence-electron chi connectivity index (χ3n) is 1.67. The fraction of sp³-hybridized carbons (Fsp3) is 0.875. The minimum atomic E-state index is -0.0353. The molecule has 0 heterocycles. The Morgan fingerprint density at radius 2 is 2.18 bits per heavy atom. The summed E-state index contributed by atoms with van der Waals surface area (Å²) in [6.45, 7) is 4.76. The van der Waals surface area contributed by atoms with Gasteiger partial charge in [-0.05, 0) is 32.6 Å². The van der Waals surface area contributed by atoms with E-state index in [1.54, 1.807) is 0 Å². The van der Waals surface area contributed by atoms with Gasteiger partial charge in [0.1, 0.15) is 0 Å². The quantitative estimate of drug-likeness (QED) is 0.631. The smallest absolute Gasteiger partial charge is 0.314 e. The average molecular weight is 156 g/mol. The van der Waals surface area contributed by atoms with Crippen LogP contribution in [-0.4, -0.2) is 18.6 Å². The van der Waals surface area contributed by atoms with Gasteiger partial charge < -0.3 is 10.6 Å². The second-order valence-electron chi connectivity index (χ2n) is 3.45. The molecule has 11 heavy (non-hydrogen) atoms. The van der Waals surface area contributed by atoms with Crippen molar-refractivity contribution >= 4 is 6.03 Å². The fourth-order valence-corrected chi connectivity index (χ4v) is 0.872. The van der Waals surface area contributed by atoms with Gasteiger partial charge in [-0.3, -0.25) is 0 Å². The maximum atomic E-state index is 11.0. The molecule has 1 rings (SSSR count). The van der Waals surface area contributed by atoms with Crippen LogP contribution in [0.25, 0.3) is 0 Å². The van der Waals surface area contributed by atoms with Crippen LogP contribution in [0.5, 0.6) is 0 Å². The average Bonchev–Trinajstić information content (AvgIpc) is 2.63. The predicted molar refractivity (Wildman–Crippen MR) is 44.4 cm³/mol. The van der Waals surface area contributed by atoms with Gasteiger partial charge in [-0.2, -0.15) is 0 Å². The molecule has 2 N–H and O–H groups in total. The summed E-state index contributed by atoms with van der Waals surface area (Å²) in [5, 5.41) is 5.60. The molecule has 0 aliphatic heterocycles. The van der Waals surface area contributed by atoms with Crippen LogP contribution in [0.4, 0.5) is 4.79 Å². The third kappa shape index (κ3) is 3.86. The molecule has 64 valence electrons. The van der Waals surface area contributed by atoms with Crippen molar-refractivity contribution in [2.75, 3.05) is 6.54 Å². The van der Waals surface area contributed by atoms with Crippen molar-refractivity contribution in [2.24, 2.45) is 5.92 Å². The molecule has 0 spiro atoms. The lowest BCUT2D eigenvalue weighted by Crippen LogP contribution is -2.40. The Hall–Kier alpha value is -0.730. The molecule has 0 aromatic heterocycles. The highest BCUT2D eigenvalue weighted by molar-refractivity contribution is 5.74. The Balaban J connectivity index is 2.00. The number of carbonyl (C=O) groups excluding carboxylic acids is 1. The number of amides is 2. The van der Waals surface area contributed by atoms with Crippen LogP contribution in [0.1, 0.15) is 26.7 Å². The zero-order chi connectivity index (χ0) is 8.27. The van der Waals surface area contributed by atoms with Crippen molar-refractivity contribution in [1.82, 2.24) is 10.6 Å². The van der Waals surface area contributed by atoms with E-state index in [0.717, 1.165) is 12.5 Å². The van der Waals surface area contributed by atoms with Gasteiger partial charge in [-0.25, -0.2) is 4.79 Å². The molecule has 0 saturated heterocycles. The van der Waals surface area contributed by atoms with E-state index >= 15 is 0 Å². The predicted octanol–water partition coefficient (Wildman–Crippen LogP) is 1.10. The minimum absolute atomic E-state index is 0.0353. The summed E-state index contributed by atoms with van der Waals surface area (Å²) >= 11 is 0. The van der Waals surface area contributed by atoms with Crippen LogP contribution in [0.15, 0.2) is 0 Å². The molecule has 0 atom stereocenters. The van der Waals surface area contributed by atoms with Crippen LogP contribution < -0.4 is 10.6 Å². The normalized spacial score (nSPS) is 16.6. The highest BCUT2D eigenvalue weighted by Crippen LogP contribution is 2.27. The molecule has 2 amide bonds. The lowest BCUT2D eigenvalue weighted by Gasteiger charge is -2.08. The topological polar surface area (TPSA) is 41.1 Å². The van der Waals surface area contributed by atoms with Crippen LogP contribution in [0.2, 0.25) is 0 Å². The number of nitrogens with one attached hydrogen (secondary N) is 2. The van der Waals surface area contributed by atoms with Gasteiger partial charge in [0.2, 0.25) is 0 Å². The van der Waals surface area contributed by atoms with Crippen LogP contribution in [-0.2, 0) is 0 Å². The molecule has 0 radical (unpaired) electrons. The zero-order valence-corrected chi connectivity index (χ0v) is 7.18. The first kappa shape index (κ1) is 8.37. The molecule has 0 aromatic rings. The highest BCUT2D eigenvalue weighted by atomic mass is 16.2. The Kier molecular flexibility index (Phi) is 2.74. The van der Waals surface area contributed by atoms with E-state index in [-0.39, 0.29) is 12.1 Å². The molecule has 1 saturated carbocycles. The third-order valence-corrected chi connectivity index (χ3v) is 1.67. The molecule has 0 bridgehead atoms. The van der Waals surface area contributed by atoms with Gasteiger partial charge in [0.05, 0.1) is 0 Å². The number of urea groups is 1. The first-order chi connectivity index (χ1) is 5.18. The second kappa shape index (κ2) is 3.60. The Morgan fingerprint density at radius 1 is 1.55 bits per heavy atom. The van der Waals surface area contributed by atoms with Crippen LogP contribution in [0.3, 0.4) is 0 Å². The Labute approximate surface area is 67.5 Å². The lowest BCUT2D eigenvalue weighted by molar-refractivity contribution is 0.238. The van der Waals surface area contributed by atoms with E-state index in [2.05, 4.69) is 10.6 Å². The number of hydrogen-bond acceptors (Lipinski definition) is 1. The largest absolute Gasteiger partial charge is 0.338 e. The van der Waals surface area contributed by atoms with E-state index < -0.39 is 0 Å². The summed E-state index contributed by atoms with van der Waals surface area (Å²) in [6, 6.07) is 0.195. The van der Waals surface area contributed by atoms with E-state index in [4.69, 9.17) is 0 Å².